The van der Waals surface area contributed by atoms with Crippen LogP contribution in [-0.2, 0) is 14.0 Å². The van der Waals surface area contributed by atoms with Crippen molar-refractivity contribution in [2.45, 2.75) is 37.1 Å². The van der Waals surface area contributed by atoms with Gasteiger partial charge in [0.25, 0.3) is 0 Å². The summed E-state index contributed by atoms with van der Waals surface area (Å²) in [6.07, 6.45) is -7.30. The van der Waals surface area contributed by atoms with Gasteiger partial charge in [-0.3, -0.25) is 4.57 Å². The van der Waals surface area contributed by atoms with Crippen molar-refractivity contribution in [3.63, 3.8) is 0 Å². The van der Waals surface area contributed by atoms with E-state index in [0.717, 1.165) is 0 Å². The number of aliphatic hydroxyl groups is 3. The lowest BCUT2D eigenvalue weighted by atomic mass is 9.97. The van der Waals surface area contributed by atoms with Gasteiger partial charge in [-0.05, 0) is 6.42 Å². The van der Waals surface area contributed by atoms with Gasteiger partial charge in [0.1, 0.15) is 18.3 Å². The van der Waals surface area contributed by atoms with Crippen LogP contribution >= 0.6 is 7.60 Å². The Balaban J connectivity index is 2.62. The molecule has 1 aliphatic heterocycles. The van der Waals surface area contributed by atoms with E-state index in [0.29, 0.717) is 0 Å². The van der Waals surface area contributed by atoms with Gasteiger partial charge >= 0.3 is 7.60 Å². The Bertz CT molecular complexity index is 323. The molecule has 0 saturated carbocycles. The fourth-order valence-electron chi connectivity index (χ4n) is 1.77. The molecule has 1 aliphatic rings. The number of ether oxygens (including phenoxy) is 2. The van der Waals surface area contributed by atoms with E-state index in [1.54, 1.807) is 0 Å². The van der Waals surface area contributed by atoms with Gasteiger partial charge in [0, 0.05) is 6.54 Å². The lowest BCUT2D eigenvalue weighted by molar-refractivity contribution is -0.296. The first-order valence-corrected chi connectivity index (χ1v) is 7.62. The summed E-state index contributed by atoms with van der Waals surface area (Å²) in [5.41, 5.74) is 5.23. The quantitative estimate of drug-likeness (QED) is 0.287. The molecule has 1 fully saturated rings. The molecule has 0 aromatic carbocycles. The number of aliphatic hydroxyl groups excluding tert-OH is 3. The molecule has 0 radical (unpaired) electrons. The van der Waals surface area contributed by atoms with Crippen molar-refractivity contribution in [3.05, 3.63) is 0 Å². The van der Waals surface area contributed by atoms with E-state index in [4.69, 9.17) is 25.0 Å². The second kappa shape index (κ2) is 7.07. The molecule has 0 amide bonds. The van der Waals surface area contributed by atoms with Gasteiger partial charge < -0.3 is 40.3 Å². The molecule has 0 spiro atoms. The minimum atomic E-state index is -4.23. The topological polar surface area (TPSA) is 163 Å². The van der Waals surface area contributed by atoms with E-state index >= 15 is 0 Å². The van der Waals surface area contributed by atoms with Crippen LogP contribution in [0.4, 0.5) is 0 Å². The molecule has 2 unspecified atom stereocenters. The first kappa shape index (κ1) is 17.0. The predicted octanol–water partition coefficient (Wildman–Crippen LogP) is -2.66. The molecule has 19 heavy (non-hydrogen) atoms. The Kier molecular flexibility index (Phi) is 6.31. The smallest absolute Gasteiger partial charge is 0.325 e. The molecule has 114 valence electrons. The summed E-state index contributed by atoms with van der Waals surface area (Å²) in [6, 6.07) is 0. The zero-order valence-electron chi connectivity index (χ0n) is 10.2. The summed E-state index contributed by atoms with van der Waals surface area (Å²) in [5, 5.41) is 28.9. The summed E-state index contributed by atoms with van der Waals surface area (Å²) in [5.74, 6) is 0. The fourth-order valence-corrected chi connectivity index (χ4v) is 2.36. The molecule has 5 atom stereocenters. The van der Waals surface area contributed by atoms with Crippen LogP contribution in [0.25, 0.3) is 0 Å². The van der Waals surface area contributed by atoms with E-state index < -0.39 is 44.5 Å². The summed E-state index contributed by atoms with van der Waals surface area (Å²) in [7, 11) is -4.23. The third-order valence-electron chi connectivity index (χ3n) is 2.77. The van der Waals surface area contributed by atoms with Crippen molar-refractivity contribution in [3.8, 4) is 0 Å². The zero-order valence-corrected chi connectivity index (χ0v) is 11.1. The first-order chi connectivity index (χ1) is 8.76. The number of hydrogen-bond acceptors (Lipinski definition) is 7. The first-order valence-electron chi connectivity index (χ1n) is 5.82. The van der Waals surface area contributed by atoms with Crippen LogP contribution < -0.4 is 5.73 Å². The molecular formula is C9H20NO8P. The van der Waals surface area contributed by atoms with Crippen molar-refractivity contribution in [2.24, 2.45) is 5.73 Å². The monoisotopic (exact) mass is 301 g/mol. The number of nitrogens with two attached hydrogens (primary N) is 1. The van der Waals surface area contributed by atoms with Crippen molar-refractivity contribution in [1.29, 1.82) is 0 Å². The van der Waals surface area contributed by atoms with Crippen molar-refractivity contribution in [2.75, 3.05) is 19.3 Å². The molecule has 10 heteroatoms. The van der Waals surface area contributed by atoms with Crippen LogP contribution in [0, 0.1) is 0 Å². The Morgan fingerprint density at radius 3 is 2.32 bits per heavy atom. The second-order valence-corrected chi connectivity index (χ2v) is 6.13. The van der Waals surface area contributed by atoms with Gasteiger partial charge in [-0.25, -0.2) is 0 Å². The third kappa shape index (κ3) is 5.07. The highest BCUT2D eigenvalue weighted by atomic mass is 31.2. The van der Waals surface area contributed by atoms with Crippen molar-refractivity contribution in [1.82, 2.24) is 0 Å². The van der Waals surface area contributed by atoms with E-state index in [1.807, 2.05) is 0 Å². The van der Waals surface area contributed by atoms with Crippen LogP contribution in [0.5, 0.6) is 0 Å². The number of hydrogen-bond donors (Lipinski definition) is 6. The normalized spacial score (nSPS) is 36.4. The lowest BCUT2D eigenvalue weighted by Gasteiger charge is -2.40. The molecule has 0 aromatic rings. The SMILES string of the molecule is NCCO[C@H]1OC(CCP(=O)(O)O)[C@@H](O)[C@H](O)C1O. The maximum atomic E-state index is 10.8. The van der Waals surface area contributed by atoms with Gasteiger partial charge in [0.2, 0.25) is 0 Å². The average Bonchev–Trinajstić information content (AvgIpc) is 2.33. The van der Waals surface area contributed by atoms with Gasteiger partial charge in [-0.1, -0.05) is 0 Å². The molecule has 0 bridgehead atoms. The highest BCUT2D eigenvalue weighted by Crippen LogP contribution is 2.37. The average molecular weight is 301 g/mol. The maximum Gasteiger partial charge on any atom is 0.325 e. The molecule has 9 nitrogen and oxygen atoms in total. The highest BCUT2D eigenvalue weighted by molar-refractivity contribution is 7.51. The van der Waals surface area contributed by atoms with Gasteiger partial charge in [0.15, 0.2) is 6.29 Å². The Labute approximate surface area is 110 Å². The molecule has 1 rings (SSSR count). The molecule has 1 saturated heterocycles. The summed E-state index contributed by atoms with van der Waals surface area (Å²) in [6.45, 7) is 0.258. The van der Waals surface area contributed by atoms with Crippen molar-refractivity contribution >= 4 is 7.60 Å². The van der Waals surface area contributed by atoms with Gasteiger partial charge in [-0.15, -0.1) is 0 Å². The van der Waals surface area contributed by atoms with Crippen molar-refractivity contribution < 1.29 is 39.1 Å². The Hall–Kier alpha value is -0.0900. The summed E-state index contributed by atoms with van der Waals surface area (Å²) in [4.78, 5) is 17.5. The van der Waals surface area contributed by atoms with E-state index in [1.165, 1.54) is 0 Å². The summed E-state index contributed by atoms with van der Waals surface area (Å²) >= 11 is 0. The minimum absolute atomic E-state index is 0.0791. The van der Waals surface area contributed by atoms with Crippen LogP contribution in [0.3, 0.4) is 0 Å². The lowest BCUT2D eigenvalue weighted by Crippen LogP contribution is -2.58. The van der Waals surface area contributed by atoms with E-state index in [-0.39, 0.29) is 19.6 Å². The highest BCUT2D eigenvalue weighted by Gasteiger charge is 2.44. The van der Waals surface area contributed by atoms with Crippen LogP contribution in [-0.4, -0.2) is 75.1 Å². The molecule has 1 heterocycles. The maximum absolute atomic E-state index is 10.8. The largest absolute Gasteiger partial charge is 0.388 e. The van der Waals surface area contributed by atoms with E-state index in [9.17, 15) is 19.9 Å². The van der Waals surface area contributed by atoms with Crippen LogP contribution in [0.1, 0.15) is 6.42 Å². The van der Waals surface area contributed by atoms with Crippen LogP contribution in [0.15, 0.2) is 0 Å². The summed E-state index contributed by atoms with van der Waals surface area (Å²) < 4.78 is 21.0. The van der Waals surface area contributed by atoms with Gasteiger partial charge in [0.05, 0.1) is 18.9 Å². The Morgan fingerprint density at radius 1 is 1.16 bits per heavy atom. The van der Waals surface area contributed by atoms with E-state index in [2.05, 4.69) is 0 Å². The minimum Gasteiger partial charge on any atom is -0.388 e. The Morgan fingerprint density at radius 2 is 1.79 bits per heavy atom. The fraction of sp³-hybridized carbons (Fsp3) is 1.00. The van der Waals surface area contributed by atoms with Gasteiger partial charge in [-0.2, -0.15) is 0 Å². The van der Waals surface area contributed by atoms with Crippen LogP contribution in [0.2, 0.25) is 0 Å². The second-order valence-electron chi connectivity index (χ2n) is 4.35. The molecular weight excluding hydrogens is 281 g/mol. The molecule has 0 aromatic heterocycles. The molecule has 7 N–H and O–H groups in total. The number of rotatable bonds is 6. The predicted molar refractivity (Wildman–Crippen MR) is 63.2 cm³/mol. The standard InChI is InChI=1S/C9H20NO8P/c10-2-3-17-9-8(13)7(12)6(11)5(18-9)1-4-19(14,15)16/h5-9,11-13H,1-4,10H2,(H2,14,15,16)/t5?,6-,7+,8?,9+/m1/s1. The zero-order chi connectivity index (χ0) is 14.6. The molecule has 0 aliphatic carbocycles. The third-order valence-corrected chi connectivity index (χ3v) is 3.61.